The van der Waals surface area contributed by atoms with Gasteiger partial charge in [-0.2, -0.15) is 5.10 Å². The van der Waals surface area contributed by atoms with E-state index >= 15 is 0 Å². The summed E-state index contributed by atoms with van der Waals surface area (Å²) < 4.78 is 7.07. The zero-order valence-corrected chi connectivity index (χ0v) is 10.4. The third-order valence-electron chi connectivity index (χ3n) is 2.29. The van der Waals surface area contributed by atoms with Gasteiger partial charge in [0.1, 0.15) is 0 Å². The first-order valence-corrected chi connectivity index (χ1v) is 5.38. The lowest BCUT2D eigenvalue weighted by molar-refractivity contribution is 0.166. The van der Waals surface area contributed by atoms with Crippen LogP contribution >= 0.6 is 11.6 Å². The highest BCUT2D eigenvalue weighted by Gasteiger charge is 2.20. The van der Waals surface area contributed by atoms with Gasteiger partial charge in [-0.15, -0.1) is 0 Å². The summed E-state index contributed by atoms with van der Waals surface area (Å²) in [6.07, 6.45) is 1.68. The van der Waals surface area contributed by atoms with Crippen LogP contribution in [0.2, 0.25) is 5.02 Å². The number of likely N-dealkylation sites (N-methyl/N-ethyl adjacent to an activating group) is 1. The number of methoxy groups -OCH3 is 1. The van der Waals surface area contributed by atoms with E-state index in [9.17, 15) is 0 Å². The van der Waals surface area contributed by atoms with Crippen molar-refractivity contribution in [3.05, 3.63) is 16.9 Å². The van der Waals surface area contributed by atoms with Crippen molar-refractivity contribution in [3.63, 3.8) is 0 Å². The molecule has 0 saturated carbocycles. The Kier molecular flexibility index (Phi) is 4.57. The maximum absolute atomic E-state index is 6.12. The Morgan fingerprint density at radius 1 is 1.60 bits per heavy atom. The number of hydrogen-bond acceptors (Lipinski definition) is 3. The molecule has 0 fully saturated rings. The van der Waals surface area contributed by atoms with Crippen molar-refractivity contribution in [3.8, 4) is 0 Å². The minimum Gasteiger partial charge on any atom is -0.383 e. The molecule has 1 aromatic heterocycles. The fourth-order valence-electron chi connectivity index (χ4n) is 1.55. The van der Waals surface area contributed by atoms with E-state index < -0.39 is 0 Å². The molecule has 0 aliphatic rings. The third kappa shape index (κ3) is 2.71. The molecule has 0 aliphatic carbocycles. The van der Waals surface area contributed by atoms with E-state index in [4.69, 9.17) is 16.3 Å². The number of aromatic nitrogens is 2. The second-order valence-electron chi connectivity index (χ2n) is 3.71. The summed E-state index contributed by atoms with van der Waals surface area (Å²) in [5, 5.41) is 8.11. The zero-order chi connectivity index (χ0) is 11.4. The fraction of sp³-hybridized carbons (Fsp3) is 0.700. The molecular weight excluding hydrogens is 214 g/mol. The Bertz CT molecular complexity index is 312. The second kappa shape index (κ2) is 5.49. The van der Waals surface area contributed by atoms with E-state index in [2.05, 4.69) is 24.3 Å². The molecule has 1 N–H and O–H groups in total. The summed E-state index contributed by atoms with van der Waals surface area (Å²) in [6.45, 7) is 4.73. The van der Waals surface area contributed by atoms with Crippen molar-refractivity contribution < 1.29 is 4.74 Å². The highest BCUT2D eigenvalue weighted by atomic mass is 35.5. The van der Waals surface area contributed by atoms with Crippen LogP contribution in [0.1, 0.15) is 31.6 Å². The van der Waals surface area contributed by atoms with Gasteiger partial charge in [-0.25, -0.2) is 0 Å². The first-order chi connectivity index (χ1) is 7.11. The normalized spacial score (nSPS) is 13.5. The maximum Gasteiger partial charge on any atom is 0.0835 e. The van der Waals surface area contributed by atoms with Gasteiger partial charge in [-0.05, 0) is 20.9 Å². The Labute approximate surface area is 95.6 Å². The topological polar surface area (TPSA) is 39.1 Å². The molecule has 86 valence electrons. The zero-order valence-electron chi connectivity index (χ0n) is 9.62. The van der Waals surface area contributed by atoms with Crippen molar-refractivity contribution in [1.29, 1.82) is 0 Å². The van der Waals surface area contributed by atoms with Crippen LogP contribution in [0.5, 0.6) is 0 Å². The average molecular weight is 232 g/mol. The minimum atomic E-state index is 0.0763. The Hall–Kier alpha value is -0.580. The van der Waals surface area contributed by atoms with Gasteiger partial charge in [0, 0.05) is 13.2 Å². The molecule has 0 saturated heterocycles. The van der Waals surface area contributed by atoms with E-state index in [0.29, 0.717) is 17.7 Å². The van der Waals surface area contributed by atoms with Crippen molar-refractivity contribution >= 4 is 11.6 Å². The highest BCUT2D eigenvalue weighted by molar-refractivity contribution is 6.31. The Balaban J connectivity index is 3.03. The van der Waals surface area contributed by atoms with Crippen LogP contribution < -0.4 is 5.32 Å². The third-order valence-corrected chi connectivity index (χ3v) is 2.58. The van der Waals surface area contributed by atoms with Gasteiger partial charge in [0.25, 0.3) is 0 Å². The predicted molar refractivity (Wildman–Crippen MR) is 61.3 cm³/mol. The average Bonchev–Trinajstić information content (AvgIpc) is 2.57. The van der Waals surface area contributed by atoms with Gasteiger partial charge < -0.3 is 10.1 Å². The van der Waals surface area contributed by atoms with Crippen LogP contribution in [-0.2, 0) is 4.74 Å². The van der Waals surface area contributed by atoms with Gasteiger partial charge in [0.2, 0.25) is 0 Å². The molecule has 1 aromatic rings. The quantitative estimate of drug-likeness (QED) is 0.843. The van der Waals surface area contributed by atoms with Crippen molar-refractivity contribution in [2.24, 2.45) is 0 Å². The number of hydrogen-bond donors (Lipinski definition) is 1. The lowest BCUT2D eigenvalue weighted by Gasteiger charge is -2.19. The molecule has 0 aromatic carbocycles. The summed E-state index contributed by atoms with van der Waals surface area (Å²) in [5.74, 6) is 0. The minimum absolute atomic E-state index is 0.0763. The summed E-state index contributed by atoms with van der Waals surface area (Å²) in [4.78, 5) is 0. The number of rotatable bonds is 5. The van der Waals surface area contributed by atoms with E-state index in [1.807, 2.05) is 11.7 Å². The molecule has 1 unspecified atom stereocenters. The largest absolute Gasteiger partial charge is 0.383 e. The van der Waals surface area contributed by atoms with Gasteiger partial charge in [-0.3, -0.25) is 4.68 Å². The Morgan fingerprint density at radius 3 is 2.73 bits per heavy atom. The highest BCUT2D eigenvalue weighted by Crippen LogP contribution is 2.25. The SMILES string of the molecule is CNC(COC)c1c(Cl)cnn1C(C)C. The monoisotopic (exact) mass is 231 g/mol. The molecule has 0 spiro atoms. The molecule has 15 heavy (non-hydrogen) atoms. The molecule has 1 rings (SSSR count). The second-order valence-corrected chi connectivity index (χ2v) is 4.12. The predicted octanol–water partition coefficient (Wildman–Crippen LogP) is 2.02. The molecule has 1 atom stereocenters. The molecule has 0 amide bonds. The van der Waals surface area contributed by atoms with Gasteiger partial charge >= 0.3 is 0 Å². The van der Waals surface area contributed by atoms with E-state index in [1.54, 1.807) is 13.3 Å². The maximum atomic E-state index is 6.12. The number of nitrogens with zero attached hydrogens (tertiary/aromatic N) is 2. The van der Waals surface area contributed by atoms with E-state index in [1.165, 1.54) is 0 Å². The van der Waals surface area contributed by atoms with Crippen LogP contribution in [-0.4, -0.2) is 30.5 Å². The van der Waals surface area contributed by atoms with Crippen molar-refractivity contribution in [2.45, 2.75) is 25.9 Å². The lowest BCUT2D eigenvalue weighted by Crippen LogP contribution is -2.25. The van der Waals surface area contributed by atoms with Crippen LogP contribution in [0.3, 0.4) is 0 Å². The first kappa shape index (κ1) is 12.5. The summed E-state index contributed by atoms with van der Waals surface area (Å²) >= 11 is 6.12. The van der Waals surface area contributed by atoms with Crippen LogP contribution in [0.25, 0.3) is 0 Å². The number of halogens is 1. The summed E-state index contributed by atoms with van der Waals surface area (Å²) in [5.41, 5.74) is 0.982. The van der Waals surface area contributed by atoms with Crippen LogP contribution in [0.15, 0.2) is 6.20 Å². The van der Waals surface area contributed by atoms with Crippen molar-refractivity contribution in [1.82, 2.24) is 15.1 Å². The molecule has 5 heteroatoms. The lowest BCUT2D eigenvalue weighted by atomic mass is 10.2. The van der Waals surface area contributed by atoms with Crippen LogP contribution in [0, 0.1) is 0 Å². The van der Waals surface area contributed by atoms with Gasteiger partial charge in [-0.1, -0.05) is 11.6 Å². The molecule has 0 bridgehead atoms. The molecule has 4 nitrogen and oxygen atoms in total. The number of ether oxygens (including phenoxy) is 1. The molecular formula is C10H18ClN3O. The number of nitrogens with one attached hydrogen (secondary N) is 1. The molecule has 0 aliphatic heterocycles. The first-order valence-electron chi connectivity index (χ1n) is 5.00. The molecule has 0 radical (unpaired) electrons. The molecule has 1 heterocycles. The van der Waals surface area contributed by atoms with E-state index in [-0.39, 0.29) is 6.04 Å². The van der Waals surface area contributed by atoms with Gasteiger partial charge in [0.05, 0.1) is 29.6 Å². The van der Waals surface area contributed by atoms with Crippen LogP contribution in [0.4, 0.5) is 0 Å². The van der Waals surface area contributed by atoms with E-state index in [0.717, 1.165) is 5.69 Å². The Morgan fingerprint density at radius 2 is 2.27 bits per heavy atom. The van der Waals surface area contributed by atoms with Crippen molar-refractivity contribution in [2.75, 3.05) is 20.8 Å². The fourth-order valence-corrected chi connectivity index (χ4v) is 1.82. The summed E-state index contributed by atoms with van der Waals surface area (Å²) in [7, 11) is 3.56. The standard InChI is InChI=1S/C10H18ClN3O/c1-7(2)14-10(8(11)5-13-14)9(12-3)6-15-4/h5,7,9,12H,6H2,1-4H3. The smallest absolute Gasteiger partial charge is 0.0835 e. The van der Waals surface area contributed by atoms with Gasteiger partial charge in [0.15, 0.2) is 0 Å². The summed E-state index contributed by atoms with van der Waals surface area (Å²) in [6, 6.07) is 0.368.